The molecule has 0 saturated carbocycles. The molecule has 7 nitrogen and oxygen atoms in total. The Balaban J connectivity index is 1.98. The number of furan rings is 1. The Morgan fingerprint density at radius 2 is 2.17 bits per heavy atom. The normalized spacial score (nSPS) is 16.2. The molecule has 0 N–H and O–H groups in total. The summed E-state index contributed by atoms with van der Waals surface area (Å²) in [6.07, 6.45) is 3.22. The molecule has 4 rings (SSSR count). The zero-order chi connectivity index (χ0) is 21.3. The topological polar surface area (TPSA) is 83.0 Å². The van der Waals surface area contributed by atoms with Gasteiger partial charge in [0.05, 0.1) is 41.8 Å². The van der Waals surface area contributed by atoms with Crippen LogP contribution in [0, 0.1) is 0 Å². The number of nitrogens with zero attached hydrogens (tertiary/aromatic N) is 2. The van der Waals surface area contributed by atoms with Gasteiger partial charge in [-0.3, -0.25) is 9.36 Å². The number of allylic oxidation sites excluding steroid dienone is 1. The number of fused-ring (bicyclic) bond motifs is 1. The van der Waals surface area contributed by atoms with E-state index < -0.39 is 12.0 Å². The molecule has 1 atom stereocenters. The highest BCUT2D eigenvalue weighted by molar-refractivity contribution is 7.07. The summed E-state index contributed by atoms with van der Waals surface area (Å²) in [6.45, 7) is 3.72. The summed E-state index contributed by atoms with van der Waals surface area (Å²) >= 11 is 1.25. The van der Waals surface area contributed by atoms with Gasteiger partial charge in [-0.1, -0.05) is 23.5 Å². The molecule has 8 heteroatoms. The SMILES string of the molecule is CCOC(=O)C1=C(C)N=c2s/c(=C\c3ccco3)c(=O)n2[C@@H]1c1cccc(OC)c1. The van der Waals surface area contributed by atoms with Gasteiger partial charge in [0.15, 0.2) is 4.80 Å². The fourth-order valence-corrected chi connectivity index (χ4v) is 4.45. The highest BCUT2D eigenvalue weighted by Gasteiger charge is 2.33. The van der Waals surface area contributed by atoms with Crippen LogP contribution in [0.2, 0.25) is 0 Å². The van der Waals surface area contributed by atoms with Gasteiger partial charge in [0.2, 0.25) is 0 Å². The lowest BCUT2D eigenvalue weighted by molar-refractivity contribution is -0.139. The van der Waals surface area contributed by atoms with Gasteiger partial charge < -0.3 is 13.9 Å². The molecule has 0 unspecified atom stereocenters. The van der Waals surface area contributed by atoms with Gasteiger partial charge in [-0.25, -0.2) is 9.79 Å². The van der Waals surface area contributed by atoms with Crippen LogP contribution in [0.25, 0.3) is 6.08 Å². The molecule has 1 aromatic carbocycles. The van der Waals surface area contributed by atoms with Crippen LogP contribution in [0.5, 0.6) is 5.75 Å². The quantitative estimate of drug-likeness (QED) is 0.588. The molecule has 0 bridgehead atoms. The number of carbonyl (C=O) groups excluding carboxylic acids is 1. The second-order valence-corrected chi connectivity index (χ2v) is 7.60. The minimum absolute atomic E-state index is 0.226. The summed E-state index contributed by atoms with van der Waals surface area (Å²) in [5.74, 6) is 0.703. The zero-order valence-electron chi connectivity index (χ0n) is 16.7. The third-order valence-electron chi connectivity index (χ3n) is 4.74. The summed E-state index contributed by atoms with van der Waals surface area (Å²) < 4.78 is 18.0. The lowest BCUT2D eigenvalue weighted by Crippen LogP contribution is -2.39. The standard InChI is InChI=1S/C22H20N2O5S/c1-4-28-21(26)18-13(2)23-22-24(19(18)14-7-5-8-15(11-14)27-3)20(25)17(30-22)12-16-9-6-10-29-16/h5-12,19H,4H2,1-3H3/b17-12-/t19-/m1/s1. The molecular formula is C22H20N2O5S. The van der Waals surface area contributed by atoms with Crippen molar-refractivity contribution in [1.29, 1.82) is 0 Å². The minimum Gasteiger partial charge on any atom is -0.497 e. The van der Waals surface area contributed by atoms with Gasteiger partial charge >= 0.3 is 5.97 Å². The third-order valence-corrected chi connectivity index (χ3v) is 5.73. The number of carbonyl (C=O) groups is 1. The van der Waals surface area contributed by atoms with Crippen LogP contribution >= 0.6 is 11.3 Å². The molecule has 154 valence electrons. The summed E-state index contributed by atoms with van der Waals surface area (Å²) in [6, 6.07) is 10.2. The van der Waals surface area contributed by atoms with Crippen molar-refractivity contribution in [3.8, 4) is 5.75 Å². The van der Waals surface area contributed by atoms with Crippen LogP contribution in [-0.4, -0.2) is 24.3 Å². The van der Waals surface area contributed by atoms with Crippen molar-refractivity contribution in [2.24, 2.45) is 4.99 Å². The Morgan fingerprint density at radius 3 is 2.87 bits per heavy atom. The molecule has 30 heavy (non-hydrogen) atoms. The maximum Gasteiger partial charge on any atom is 0.338 e. The summed E-state index contributed by atoms with van der Waals surface area (Å²) in [5, 5.41) is 0. The number of methoxy groups -OCH3 is 1. The Hall–Kier alpha value is -3.39. The first-order valence-corrected chi connectivity index (χ1v) is 10.2. The van der Waals surface area contributed by atoms with E-state index in [1.807, 2.05) is 24.3 Å². The van der Waals surface area contributed by atoms with E-state index in [0.29, 0.717) is 32.1 Å². The average molecular weight is 424 g/mol. The number of esters is 1. The molecular weight excluding hydrogens is 404 g/mol. The Bertz CT molecular complexity index is 1300. The first-order valence-electron chi connectivity index (χ1n) is 9.40. The Morgan fingerprint density at radius 1 is 1.33 bits per heavy atom. The van der Waals surface area contributed by atoms with Gasteiger partial charge in [-0.05, 0) is 43.7 Å². The predicted octanol–water partition coefficient (Wildman–Crippen LogP) is 2.40. The van der Waals surface area contributed by atoms with Gasteiger partial charge in [-0.2, -0.15) is 0 Å². The molecule has 2 aromatic heterocycles. The van der Waals surface area contributed by atoms with Crippen LogP contribution in [0.4, 0.5) is 0 Å². The molecule has 0 fully saturated rings. The average Bonchev–Trinajstić information content (AvgIpc) is 3.35. The van der Waals surface area contributed by atoms with Crippen molar-refractivity contribution in [3.05, 3.63) is 84.9 Å². The molecule has 0 radical (unpaired) electrons. The van der Waals surface area contributed by atoms with Crippen LogP contribution < -0.4 is 19.6 Å². The summed E-state index contributed by atoms with van der Waals surface area (Å²) in [5.41, 5.74) is 1.34. The van der Waals surface area contributed by atoms with Crippen molar-refractivity contribution in [2.45, 2.75) is 19.9 Å². The van der Waals surface area contributed by atoms with Gasteiger partial charge in [0.1, 0.15) is 11.5 Å². The predicted molar refractivity (Wildman–Crippen MR) is 112 cm³/mol. The van der Waals surface area contributed by atoms with Crippen LogP contribution in [0.1, 0.15) is 31.2 Å². The second-order valence-electron chi connectivity index (χ2n) is 6.59. The highest BCUT2D eigenvalue weighted by atomic mass is 32.1. The first kappa shape index (κ1) is 19.9. The van der Waals surface area contributed by atoms with Crippen molar-refractivity contribution < 1.29 is 18.7 Å². The fourth-order valence-electron chi connectivity index (χ4n) is 3.42. The van der Waals surface area contributed by atoms with E-state index in [-0.39, 0.29) is 12.2 Å². The smallest absolute Gasteiger partial charge is 0.338 e. The lowest BCUT2D eigenvalue weighted by atomic mass is 9.95. The molecule has 3 heterocycles. The van der Waals surface area contributed by atoms with E-state index in [0.717, 1.165) is 5.56 Å². The summed E-state index contributed by atoms with van der Waals surface area (Å²) in [7, 11) is 1.57. The van der Waals surface area contributed by atoms with Crippen LogP contribution in [-0.2, 0) is 9.53 Å². The zero-order valence-corrected chi connectivity index (χ0v) is 17.6. The second kappa shape index (κ2) is 8.16. The van der Waals surface area contributed by atoms with E-state index in [1.54, 1.807) is 45.4 Å². The number of rotatable bonds is 5. The molecule has 0 spiro atoms. The van der Waals surface area contributed by atoms with E-state index in [9.17, 15) is 9.59 Å². The minimum atomic E-state index is -0.672. The van der Waals surface area contributed by atoms with Crippen LogP contribution in [0.15, 0.2) is 68.1 Å². The first-order chi connectivity index (χ1) is 14.5. The van der Waals surface area contributed by atoms with Crippen molar-refractivity contribution in [2.75, 3.05) is 13.7 Å². The lowest BCUT2D eigenvalue weighted by Gasteiger charge is -2.24. The molecule has 0 saturated heterocycles. The third kappa shape index (κ3) is 3.50. The van der Waals surface area contributed by atoms with Crippen molar-refractivity contribution in [1.82, 2.24) is 4.57 Å². The Kier molecular flexibility index (Phi) is 5.41. The van der Waals surface area contributed by atoms with E-state index in [1.165, 1.54) is 15.9 Å². The van der Waals surface area contributed by atoms with Crippen molar-refractivity contribution >= 4 is 23.4 Å². The number of ether oxygens (including phenoxy) is 2. The number of thiazole rings is 1. The fraction of sp³-hybridized carbons (Fsp3) is 0.227. The largest absolute Gasteiger partial charge is 0.497 e. The van der Waals surface area contributed by atoms with Gasteiger partial charge in [0, 0.05) is 6.08 Å². The molecule has 0 amide bonds. The number of benzene rings is 1. The molecule has 1 aliphatic heterocycles. The summed E-state index contributed by atoms with van der Waals surface area (Å²) in [4.78, 5) is 31.2. The van der Waals surface area contributed by atoms with Gasteiger partial charge in [-0.15, -0.1) is 0 Å². The molecule has 1 aliphatic rings. The van der Waals surface area contributed by atoms with E-state index in [4.69, 9.17) is 13.9 Å². The monoisotopic (exact) mass is 424 g/mol. The Labute approximate surface area is 176 Å². The maximum absolute atomic E-state index is 13.3. The van der Waals surface area contributed by atoms with Gasteiger partial charge in [0.25, 0.3) is 5.56 Å². The highest BCUT2D eigenvalue weighted by Crippen LogP contribution is 2.32. The number of hydrogen-bond acceptors (Lipinski definition) is 7. The van der Waals surface area contributed by atoms with E-state index in [2.05, 4.69) is 4.99 Å². The van der Waals surface area contributed by atoms with Crippen molar-refractivity contribution in [3.63, 3.8) is 0 Å². The number of aromatic nitrogens is 1. The molecule has 0 aliphatic carbocycles. The number of hydrogen-bond donors (Lipinski definition) is 0. The van der Waals surface area contributed by atoms with E-state index >= 15 is 0 Å². The molecule has 3 aromatic rings. The maximum atomic E-state index is 13.3. The van der Waals surface area contributed by atoms with Crippen LogP contribution in [0.3, 0.4) is 0 Å².